The van der Waals surface area contributed by atoms with Gasteiger partial charge in [-0.15, -0.1) is 0 Å². The maximum atomic E-state index is 6.01. The van der Waals surface area contributed by atoms with Gasteiger partial charge in [-0.2, -0.15) is 5.10 Å². The van der Waals surface area contributed by atoms with Gasteiger partial charge in [0.15, 0.2) is 0 Å². The van der Waals surface area contributed by atoms with E-state index < -0.39 is 0 Å². The number of aromatic nitrogens is 2. The van der Waals surface area contributed by atoms with Crippen LogP contribution < -0.4 is 5.32 Å². The van der Waals surface area contributed by atoms with Crippen LogP contribution in [-0.2, 0) is 13.0 Å². The summed E-state index contributed by atoms with van der Waals surface area (Å²) in [5.74, 6) is 0. The minimum atomic E-state index is 0.543. The molecule has 0 saturated heterocycles. The molecule has 1 N–H and O–H groups in total. The fourth-order valence-electron chi connectivity index (χ4n) is 2.07. The second-order valence-electron chi connectivity index (χ2n) is 5.41. The molecule has 0 spiro atoms. The Labute approximate surface area is 126 Å². The fraction of sp³-hybridized carbons (Fsp3) is 0.438. The lowest BCUT2D eigenvalue weighted by Gasteiger charge is -2.09. The fourth-order valence-corrected chi connectivity index (χ4v) is 2.21. The van der Waals surface area contributed by atoms with Crippen LogP contribution in [0.2, 0.25) is 5.02 Å². The number of rotatable bonds is 6. The van der Waals surface area contributed by atoms with Gasteiger partial charge in [-0.05, 0) is 31.0 Å². The van der Waals surface area contributed by atoms with Crippen molar-refractivity contribution in [3.63, 3.8) is 0 Å². The Hall–Kier alpha value is -1.32. The monoisotopic (exact) mass is 291 g/mol. The number of benzene rings is 1. The third kappa shape index (κ3) is 4.09. The molecule has 2 aromatic rings. The van der Waals surface area contributed by atoms with Crippen LogP contribution >= 0.6 is 11.6 Å². The molecule has 0 fully saturated rings. The second-order valence-corrected chi connectivity index (χ2v) is 5.82. The third-order valence-electron chi connectivity index (χ3n) is 3.36. The van der Waals surface area contributed by atoms with Crippen molar-refractivity contribution in [3.05, 3.63) is 52.3 Å². The highest BCUT2D eigenvalue weighted by Gasteiger charge is 2.04. The zero-order valence-corrected chi connectivity index (χ0v) is 13.1. The molecule has 0 bridgehead atoms. The Balaban J connectivity index is 1.93. The Morgan fingerprint density at radius 3 is 2.40 bits per heavy atom. The van der Waals surface area contributed by atoms with Crippen molar-refractivity contribution in [1.82, 2.24) is 15.1 Å². The summed E-state index contributed by atoms with van der Waals surface area (Å²) in [6.45, 7) is 8.11. The smallest absolute Gasteiger partial charge is 0.0815 e. The average Bonchev–Trinajstić information content (AvgIpc) is 2.72. The number of halogens is 1. The normalized spacial score (nSPS) is 11.2. The summed E-state index contributed by atoms with van der Waals surface area (Å²) in [5, 5.41) is 8.43. The van der Waals surface area contributed by atoms with Gasteiger partial charge in [0.25, 0.3) is 0 Å². The minimum Gasteiger partial charge on any atom is -0.314 e. The van der Waals surface area contributed by atoms with Crippen molar-refractivity contribution in [1.29, 1.82) is 0 Å². The molecule has 20 heavy (non-hydrogen) atoms. The predicted molar refractivity (Wildman–Crippen MR) is 84.4 cm³/mol. The van der Waals surface area contributed by atoms with E-state index >= 15 is 0 Å². The molecule has 1 aromatic carbocycles. The topological polar surface area (TPSA) is 29.9 Å². The molecule has 0 saturated carbocycles. The van der Waals surface area contributed by atoms with E-state index in [1.807, 2.05) is 11.6 Å². The Morgan fingerprint density at radius 1 is 1.20 bits per heavy atom. The van der Waals surface area contributed by atoms with Crippen molar-refractivity contribution in [2.24, 2.45) is 0 Å². The predicted octanol–water partition coefficient (Wildman–Crippen LogP) is 3.43. The van der Waals surface area contributed by atoms with Crippen LogP contribution in [0.25, 0.3) is 0 Å². The van der Waals surface area contributed by atoms with Crippen molar-refractivity contribution >= 4 is 11.6 Å². The van der Waals surface area contributed by atoms with Gasteiger partial charge in [0.1, 0.15) is 0 Å². The van der Waals surface area contributed by atoms with Crippen LogP contribution in [-0.4, -0.2) is 22.4 Å². The lowest BCUT2D eigenvalue weighted by molar-refractivity contribution is 0.590. The standard InChI is InChI=1S/C16H22ClN3/c1-12(2)18-9-8-14-4-6-15(7-5-14)11-20-13(3)16(17)10-19-20/h4-7,10,12,18H,8-9,11H2,1-3H3. The van der Waals surface area contributed by atoms with E-state index in [-0.39, 0.29) is 0 Å². The van der Waals surface area contributed by atoms with Gasteiger partial charge in [0.05, 0.1) is 23.5 Å². The van der Waals surface area contributed by atoms with Crippen molar-refractivity contribution < 1.29 is 0 Å². The molecule has 0 aliphatic heterocycles. The number of hydrogen-bond acceptors (Lipinski definition) is 2. The molecule has 3 nitrogen and oxygen atoms in total. The van der Waals surface area contributed by atoms with Crippen molar-refractivity contribution in [2.45, 2.75) is 39.8 Å². The highest BCUT2D eigenvalue weighted by Crippen LogP contribution is 2.15. The Kier molecular flexibility index (Phi) is 5.21. The molecule has 0 unspecified atom stereocenters. The van der Waals surface area contributed by atoms with E-state index in [1.54, 1.807) is 6.20 Å². The van der Waals surface area contributed by atoms with E-state index in [0.717, 1.165) is 30.2 Å². The van der Waals surface area contributed by atoms with Crippen LogP contribution in [0.3, 0.4) is 0 Å². The van der Waals surface area contributed by atoms with Gasteiger partial charge in [-0.3, -0.25) is 4.68 Å². The summed E-state index contributed by atoms with van der Waals surface area (Å²) < 4.78 is 1.93. The first-order valence-electron chi connectivity index (χ1n) is 7.05. The SMILES string of the molecule is Cc1c(Cl)cnn1Cc1ccc(CCNC(C)C)cc1. The summed E-state index contributed by atoms with van der Waals surface area (Å²) in [4.78, 5) is 0. The Morgan fingerprint density at radius 2 is 1.85 bits per heavy atom. The summed E-state index contributed by atoms with van der Waals surface area (Å²) in [6.07, 6.45) is 2.76. The van der Waals surface area contributed by atoms with Gasteiger partial charge < -0.3 is 5.32 Å². The molecular weight excluding hydrogens is 270 g/mol. The number of hydrogen-bond donors (Lipinski definition) is 1. The molecule has 0 atom stereocenters. The first kappa shape index (κ1) is 15.1. The molecule has 1 aromatic heterocycles. The molecule has 0 amide bonds. The summed E-state index contributed by atoms with van der Waals surface area (Å²) >= 11 is 6.01. The third-order valence-corrected chi connectivity index (χ3v) is 3.74. The Bertz CT molecular complexity index is 543. The zero-order valence-electron chi connectivity index (χ0n) is 12.4. The summed E-state index contributed by atoms with van der Waals surface area (Å²) in [6, 6.07) is 9.26. The van der Waals surface area contributed by atoms with Crippen LogP contribution in [0.4, 0.5) is 0 Å². The van der Waals surface area contributed by atoms with Crippen LogP contribution in [0, 0.1) is 6.92 Å². The zero-order chi connectivity index (χ0) is 14.5. The van der Waals surface area contributed by atoms with Crippen LogP contribution in [0.15, 0.2) is 30.5 Å². The molecule has 2 rings (SSSR count). The van der Waals surface area contributed by atoms with Gasteiger partial charge in [0.2, 0.25) is 0 Å². The molecule has 0 aliphatic rings. The first-order valence-corrected chi connectivity index (χ1v) is 7.43. The highest BCUT2D eigenvalue weighted by molar-refractivity contribution is 6.31. The highest BCUT2D eigenvalue weighted by atomic mass is 35.5. The van der Waals surface area contributed by atoms with Crippen molar-refractivity contribution in [2.75, 3.05) is 6.54 Å². The summed E-state index contributed by atoms with van der Waals surface area (Å²) in [5.41, 5.74) is 3.61. The quantitative estimate of drug-likeness (QED) is 0.884. The lowest BCUT2D eigenvalue weighted by atomic mass is 10.1. The van der Waals surface area contributed by atoms with E-state index in [4.69, 9.17) is 11.6 Å². The maximum Gasteiger partial charge on any atom is 0.0815 e. The molecule has 4 heteroatoms. The largest absolute Gasteiger partial charge is 0.314 e. The van der Waals surface area contributed by atoms with E-state index in [9.17, 15) is 0 Å². The molecule has 1 heterocycles. The van der Waals surface area contributed by atoms with E-state index in [1.165, 1.54) is 11.1 Å². The van der Waals surface area contributed by atoms with E-state index in [2.05, 4.69) is 48.5 Å². The van der Waals surface area contributed by atoms with Crippen LogP contribution in [0.1, 0.15) is 30.7 Å². The first-order chi connectivity index (χ1) is 9.56. The van der Waals surface area contributed by atoms with Crippen molar-refractivity contribution in [3.8, 4) is 0 Å². The van der Waals surface area contributed by atoms with Gasteiger partial charge in [-0.25, -0.2) is 0 Å². The second kappa shape index (κ2) is 6.91. The molecular formula is C16H22ClN3. The molecule has 108 valence electrons. The summed E-state index contributed by atoms with van der Waals surface area (Å²) in [7, 11) is 0. The van der Waals surface area contributed by atoms with Gasteiger partial charge >= 0.3 is 0 Å². The van der Waals surface area contributed by atoms with Crippen LogP contribution in [0.5, 0.6) is 0 Å². The van der Waals surface area contributed by atoms with Gasteiger partial charge in [-0.1, -0.05) is 49.7 Å². The molecule has 0 aliphatic carbocycles. The number of nitrogens with one attached hydrogen (secondary N) is 1. The minimum absolute atomic E-state index is 0.543. The average molecular weight is 292 g/mol. The van der Waals surface area contributed by atoms with Gasteiger partial charge in [0, 0.05) is 6.04 Å². The van der Waals surface area contributed by atoms with E-state index in [0.29, 0.717) is 6.04 Å². The maximum absolute atomic E-state index is 6.01. The number of nitrogens with zero attached hydrogens (tertiary/aromatic N) is 2. The molecule has 0 radical (unpaired) electrons. The lowest BCUT2D eigenvalue weighted by Crippen LogP contribution is -2.24.